The molecular weight excluding hydrogens is 412 g/mol. The summed E-state index contributed by atoms with van der Waals surface area (Å²) in [5, 5.41) is 9.70. The quantitative estimate of drug-likeness (QED) is 0.620. The Hall–Kier alpha value is -2.71. The number of benzene rings is 1. The predicted octanol–water partition coefficient (Wildman–Crippen LogP) is 2.75. The van der Waals surface area contributed by atoms with Crippen molar-refractivity contribution in [1.82, 2.24) is 14.9 Å². The van der Waals surface area contributed by atoms with Crippen LogP contribution in [0.3, 0.4) is 0 Å². The van der Waals surface area contributed by atoms with Crippen LogP contribution in [0.15, 0.2) is 23.8 Å². The molecule has 1 aliphatic rings. The molecule has 0 bridgehead atoms. The maximum Gasteiger partial charge on any atom is 0.411 e. The van der Waals surface area contributed by atoms with Crippen LogP contribution in [-0.2, 0) is 26.5 Å². The van der Waals surface area contributed by atoms with Gasteiger partial charge < -0.3 is 25.3 Å². The second-order valence-corrected chi connectivity index (χ2v) is 9.98. The van der Waals surface area contributed by atoms with Crippen molar-refractivity contribution in [1.29, 1.82) is 0 Å². The van der Waals surface area contributed by atoms with Crippen LogP contribution in [0, 0.1) is 0 Å². The molecule has 1 saturated heterocycles. The van der Waals surface area contributed by atoms with E-state index in [2.05, 4.69) is 4.98 Å². The van der Waals surface area contributed by atoms with Crippen LogP contribution in [0.4, 0.5) is 4.79 Å². The molecule has 3 rings (SSSR count). The maximum absolute atomic E-state index is 12.7. The lowest BCUT2D eigenvalue weighted by Gasteiger charge is -2.46. The number of likely N-dealkylation sites (tertiary alicyclic amines) is 1. The fourth-order valence-electron chi connectivity index (χ4n) is 3.95. The number of imidazole rings is 1. The predicted molar refractivity (Wildman–Crippen MR) is 119 cm³/mol. The normalized spacial score (nSPS) is 22.2. The van der Waals surface area contributed by atoms with Crippen LogP contribution in [0.1, 0.15) is 59.4 Å². The first-order chi connectivity index (χ1) is 14.8. The van der Waals surface area contributed by atoms with Gasteiger partial charge in [0.15, 0.2) is 5.60 Å². The average Bonchev–Trinajstić information content (AvgIpc) is 3.10. The summed E-state index contributed by atoms with van der Waals surface area (Å²) >= 11 is 0. The van der Waals surface area contributed by atoms with Crippen LogP contribution in [-0.4, -0.2) is 55.9 Å². The Morgan fingerprint density at radius 2 is 2.00 bits per heavy atom. The fraction of sp³-hybridized carbons (Fsp3) is 0.565. The smallest absolute Gasteiger partial charge is 0.411 e. The number of hydrogen-bond acceptors (Lipinski definition) is 7. The van der Waals surface area contributed by atoms with E-state index in [-0.39, 0.29) is 25.1 Å². The Bertz CT molecular complexity index is 1060. The van der Waals surface area contributed by atoms with E-state index >= 15 is 0 Å². The molecule has 9 nitrogen and oxygen atoms in total. The van der Waals surface area contributed by atoms with Crippen LogP contribution in [0.5, 0.6) is 0 Å². The number of ether oxygens (including phenoxy) is 2. The van der Waals surface area contributed by atoms with Crippen molar-refractivity contribution in [3.63, 3.8) is 0 Å². The van der Waals surface area contributed by atoms with Crippen molar-refractivity contribution in [2.75, 3.05) is 6.54 Å². The minimum Gasteiger partial charge on any atom is -0.444 e. The molecule has 32 heavy (non-hydrogen) atoms. The number of hydrogen-bond donors (Lipinski definition) is 3. The van der Waals surface area contributed by atoms with Gasteiger partial charge in [0.25, 0.3) is 0 Å². The van der Waals surface area contributed by atoms with E-state index < -0.39 is 29.1 Å². The standard InChI is InChI=1S/C23H32N4O5/c1-21(2,3)31-20(30)27-11-10-23(32-22(4,5)6,15(13-29)18(27)24)19-25-16-9-7-8-14(12-28)17(16)26-19/h7-9,18,28H,10-12,24H2,1-6H3,(H,25,26). The van der Waals surface area contributed by atoms with Gasteiger partial charge >= 0.3 is 6.09 Å². The van der Waals surface area contributed by atoms with Crippen LogP contribution < -0.4 is 5.73 Å². The van der Waals surface area contributed by atoms with Gasteiger partial charge in [-0.05, 0) is 47.6 Å². The van der Waals surface area contributed by atoms with Gasteiger partial charge in [0, 0.05) is 18.5 Å². The third-order valence-electron chi connectivity index (χ3n) is 5.14. The molecular formula is C23H32N4O5. The summed E-state index contributed by atoms with van der Waals surface area (Å²) in [5.74, 6) is 2.32. The van der Waals surface area contributed by atoms with E-state index in [1.54, 1.807) is 32.9 Å². The van der Waals surface area contributed by atoms with E-state index in [0.29, 0.717) is 22.4 Å². The number of aromatic amines is 1. The Labute approximate surface area is 187 Å². The molecule has 0 spiro atoms. The molecule has 1 aromatic carbocycles. The molecule has 2 aromatic rings. The molecule has 2 atom stereocenters. The number of carbonyl (C=O) groups excluding carboxylic acids is 2. The van der Waals surface area contributed by atoms with E-state index in [0.717, 1.165) is 0 Å². The zero-order valence-electron chi connectivity index (χ0n) is 19.5. The number of amides is 1. The number of nitrogens with one attached hydrogen (secondary N) is 1. The number of fused-ring (bicyclic) bond motifs is 1. The van der Waals surface area contributed by atoms with Gasteiger partial charge in [-0.3, -0.25) is 4.90 Å². The molecule has 0 radical (unpaired) electrons. The number of H-pyrrole nitrogens is 1. The molecule has 0 aliphatic carbocycles. The molecule has 9 heteroatoms. The third-order valence-corrected chi connectivity index (χ3v) is 5.14. The summed E-state index contributed by atoms with van der Waals surface area (Å²) in [6.07, 6.45) is -1.51. The molecule has 1 aliphatic heterocycles. The van der Waals surface area contributed by atoms with Crippen molar-refractivity contribution in [3.05, 3.63) is 35.2 Å². The number of carbonyl (C=O) groups is 1. The molecule has 1 aromatic heterocycles. The number of para-hydroxylation sites is 1. The highest BCUT2D eigenvalue weighted by molar-refractivity contribution is 5.79. The molecule has 2 unspecified atom stereocenters. The second kappa shape index (κ2) is 8.33. The lowest BCUT2D eigenvalue weighted by molar-refractivity contribution is -0.141. The molecule has 1 amide bonds. The molecule has 4 N–H and O–H groups in total. The average molecular weight is 445 g/mol. The summed E-state index contributed by atoms with van der Waals surface area (Å²) < 4.78 is 11.9. The first kappa shape index (κ1) is 23.9. The van der Waals surface area contributed by atoms with Crippen molar-refractivity contribution < 1.29 is 24.2 Å². The molecule has 0 saturated carbocycles. The van der Waals surface area contributed by atoms with Crippen LogP contribution in [0.2, 0.25) is 0 Å². The van der Waals surface area contributed by atoms with Gasteiger partial charge in [-0.2, -0.15) is 0 Å². The maximum atomic E-state index is 12.7. The highest BCUT2D eigenvalue weighted by Crippen LogP contribution is 2.43. The number of aliphatic hydroxyl groups excluding tert-OH is 1. The second-order valence-electron chi connectivity index (χ2n) is 9.98. The summed E-state index contributed by atoms with van der Waals surface area (Å²) in [5.41, 5.74) is 5.65. The monoisotopic (exact) mass is 444 g/mol. The zero-order chi connectivity index (χ0) is 23.9. The van der Waals surface area contributed by atoms with Crippen LogP contribution >= 0.6 is 0 Å². The van der Waals surface area contributed by atoms with E-state index in [4.69, 9.17) is 20.2 Å². The highest BCUT2D eigenvalue weighted by Gasteiger charge is 2.52. The van der Waals surface area contributed by atoms with E-state index in [1.165, 1.54) is 4.90 Å². The minimum atomic E-state index is -1.33. The highest BCUT2D eigenvalue weighted by atomic mass is 16.6. The van der Waals surface area contributed by atoms with Crippen molar-refractivity contribution >= 4 is 23.1 Å². The van der Waals surface area contributed by atoms with Gasteiger partial charge in [-0.1, -0.05) is 12.1 Å². The summed E-state index contributed by atoms with van der Waals surface area (Å²) in [6.45, 7) is 10.9. The minimum absolute atomic E-state index is 0.0501. The first-order valence-electron chi connectivity index (χ1n) is 10.6. The molecule has 2 heterocycles. The zero-order valence-corrected chi connectivity index (χ0v) is 19.5. The van der Waals surface area contributed by atoms with E-state index in [1.807, 2.05) is 32.8 Å². The van der Waals surface area contributed by atoms with Crippen molar-refractivity contribution in [2.45, 2.75) is 77.5 Å². The lowest BCUT2D eigenvalue weighted by Crippen LogP contribution is -2.60. The van der Waals surface area contributed by atoms with Gasteiger partial charge in [0.2, 0.25) is 0 Å². The Morgan fingerprint density at radius 3 is 2.56 bits per heavy atom. The van der Waals surface area contributed by atoms with E-state index in [9.17, 15) is 14.7 Å². The lowest BCUT2D eigenvalue weighted by atomic mass is 9.83. The summed E-state index contributed by atoms with van der Waals surface area (Å²) in [7, 11) is 0. The van der Waals surface area contributed by atoms with Gasteiger partial charge in [-0.25, -0.2) is 14.6 Å². The number of rotatable bonds is 3. The Balaban J connectivity index is 2.12. The van der Waals surface area contributed by atoms with Gasteiger partial charge in [0.1, 0.15) is 23.5 Å². The SMILES string of the molecule is CC(C)(C)OC(=O)N1CCC(OC(C)(C)C)(c2nc3c(CO)cccc3[nH]2)C(=C=O)C1N. The Kier molecular flexibility index (Phi) is 6.23. The molecule has 174 valence electrons. The number of aliphatic hydroxyl groups is 1. The number of nitrogens with two attached hydrogens (primary N) is 1. The fourth-order valence-corrected chi connectivity index (χ4v) is 3.95. The number of piperidine rings is 1. The van der Waals surface area contributed by atoms with Crippen molar-refractivity contribution in [2.24, 2.45) is 5.73 Å². The number of nitrogens with zero attached hydrogens (tertiary/aromatic N) is 2. The molecule has 1 fully saturated rings. The van der Waals surface area contributed by atoms with Gasteiger partial charge in [0.05, 0.1) is 28.8 Å². The number of aromatic nitrogens is 2. The topological polar surface area (TPSA) is 131 Å². The largest absolute Gasteiger partial charge is 0.444 e. The summed E-state index contributed by atoms with van der Waals surface area (Å²) in [4.78, 5) is 34.2. The third kappa shape index (κ3) is 4.56. The Morgan fingerprint density at radius 1 is 1.31 bits per heavy atom. The first-order valence-corrected chi connectivity index (χ1v) is 10.6. The summed E-state index contributed by atoms with van der Waals surface area (Å²) in [6, 6.07) is 5.41. The van der Waals surface area contributed by atoms with Crippen molar-refractivity contribution in [3.8, 4) is 0 Å². The van der Waals surface area contributed by atoms with Crippen LogP contribution in [0.25, 0.3) is 11.0 Å². The van der Waals surface area contributed by atoms with Gasteiger partial charge in [-0.15, -0.1) is 0 Å².